The lowest BCUT2D eigenvalue weighted by Gasteiger charge is -2.22. The summed E-state index contributed by atoms with van der Waals surface area (Å²) in [6.45, 7) is 1.93. The van der Waals surface area contributed by atoms with Crippen molar-refractivity contribution in [3.63, 3.8) is 0 Å². The Morgan fingerprint density at radius 3 is 2.23 bits per heavy atom. The number of para-hydroxylation sites is 1. The van der Waals surface area contributed by atoms with Crippen molar-refractivity contribution in [2.24, 2.45) is 0 Å². The summed E-state index contributed by atoms with van der Waals surface area (Å²) >= 11 is 0. The first-order chi connectivity index (χ1) is 20.5. The zero-order chi connectivity index (χ0) is 30.8. The van der Waals surface area contributed by atoms with Gasteiger partial charge in [0.1, 0.15) is 0 Å². The van der Waals surface area contributed by atoms with Crippen LogP contribution in [0.25, 0.3) is 22.0 Å². The second-order valence-corrected chi connectivity index (χ2v) is 10.1. The molecule has 0 aliphatic rings. The fourth-order valence-electron chi connectivity index (χ4n) is 5.05. The smallest absolute Gasteiger partial charge is 0.418 e. The summed E-state index contributed by atoms with van der Waals surface area (Å²) in [5.41, 5.74) is 0.0310. The molecule has 9 heteroatoms. The standard InChI is InChI=1S/C34H27F3N2O4/c1-2-33(43,32(41)42)24-16-14-21(15-17-24)19-38-25-11-6-10-23(18-25)29-26-12-7-13-28(34(35,36)37)30(26)39-20-27(29)31(40)22-8-4-3-5-9-22/h3-18,20,38,43H,2,19H2,1H3,(H,41,42). The van der Waals surface area contributed by atoms with E-state index in [0.717, 1.165) is 11.6 Å². The summed E-state index contributed by atoms with van der Waals surface area (Å²) in [5, 5.41) is 23.4. The minimum atomic E-state index is -4.63. The van der Waals surface area contributed by atoms with Gasteiger partial charge in [-0.1, -0.05) is 85.8 Å². The van der Waals surface area contributed by atoms with Gasteiger partial charge >= 0.3 is 12.1 Å². The molecule has 6 nitrogen and oxygen atoms in total. The molecule has 1 heterocycles. The number of carbonyl (C=O) groups excluding carboxylic acids is 1. The van der Waals surface area contributed by atoms with Gasteiger partial charge in [0.25, 0.3) is 0 Å². The second kappa shape index (κ2) is 11.7. The fourth-order valence-corrected chi connectivity index (χ4v) is 5.05. The molecule has 218 valence electrons. The third-order valence-corrected chi connectivity index (χ3v) is 7.43. The van der Waals surface area contributed by atoms with Crippen molar-refractivity contribution < 1.29 is 33.0 Å². The molecule has 0 amide bonds. The van der Waals surface area contributed by atoms with Crippen molar-refractivity contribution in [1.82, 2.24) is 4.98 Å². The van der Waals surface area contributed by atoms with Crippen molar-refractivity contribution in [2.45, 2.75) is 31.7 Å². The highest BCUT2D eigenvalue weighted by Crippen LogP contribution is 2.39. The summed E-state index contributed by atoms with van der Waals surface area (Å²) < 4.78 is 41.7. The van der Waals surface area contributed by atoms with E-state index in [-0.39, 0.29) is 34.2 Å². The van der Waals surface area contributed by atoms with E-state index in [1.807, 2.05) is 0 Å². The number of ketones is 1. The number of nitrogens with one attached hydrogen (secondary N) is 1. The number of hydrogen-bond donors (Lipinski definition) is 3. The normalized spacial score (nSPS) is 13.0. The van der Waals surface area contributed by atoms with E-state index in [1.54, 1.807) is 85.8 Å². The zero-order valence-electron chi connectivity index (χ0n) is 23.0. The number of carboxylic acid groups (broad SMARTS) is 1. The van der Waals surface area contributed by atoms with Crippen molar-refractivity contribution in [3.8, 4) is 11.1 Å². The molecule has 0 saturated heterocycles. The molecule has 4 aromatic carbocycles. The van der Waals surface area contributed by atoms with Crippen LogP contribution >= 0.6 is 0 Å². The minimum Gasteiger partial charge on any atom is -0.479 e. The number of carbonyl (C=O) groups is 2. The highest BCUT2D eigenvalue weighted by molar-refractivity contribution is 6.16. The number of pyridine rings is 1. The monoisotopic (exact) mass is 584 g/mol. The van der Waals surface area contributed by atoms with Gasteiger partial charge in [-0.05, 0) is 41.3 Å². The third kappa shape index (κ3) is 5.85. The molecule has 1 aromatic heterocycles. The SMILES string of the molecule is CCC(O)(C(=O)O)c1ccc(CNc2cccc(-c3c(C(=O)c4ccccc4)cnc4c(C(F)(F)F)cccc34)c2)cc1. The molecule has 1 unspecified atom stereocenters. The quantitative estimate of drug-likeness (QED) is 0.156. The number of benzene rings is 4. The lowest BCUT2D eigenvalue weighted by Crippen LogP contribution is -2.34. The van der Waals surface area contributed by atoms with Crippen molar-refractivity contribution in [2.75, 3.05) is 5.32 Å². The van der Waals surface area contributed by atoms with Gasteiger partial charge in [0.2, 0.25) is 0 Å². The molecule has 1 atom stereocenters. The maximum absolute atomic E-state index is 13.9. The van der Waals surface area contributed by atoms with E-state index in [0.29, 0.717) is 28.9 Å². The number of aliphatic hydroxyl groups is 1. The maximum atomic E-state index is 13.9. The molecule has 5 rings (SSSR count). The van der Waals surface area contributed by atoms with Gasteiger partial charge in [-0.15, -0.1) is 0 Å². The number of alkyl halides is 3. The highest BCUT2D eigenvalue weighted by Gasteiger charge is 2.36. The lowest BCUT2D eigenvalue weighted by atomic mass is 9.90. The third-order valence-electron chi connectivity index (χ3n) is 7.43. The summed E-state index contributed by atoms with van der Waals surface area (Å²) in [6.07, 6.45) is -3.42. The Morgan fingerprint density at radius 2 is 1.58 bits per heavy atom. The number of aromatic nitrogens is 1. The van der Waals surface area contributed by atoms with Crippen LogP contribution in [-0.4, -0.2) is 26.9 Å². The molecule has 3 N–H and O–H groups in total. The average molecular weight is 585 g/mol. The summed E-state index contributed by atoms with van der Waals surface area (Å²) in [5.74, 6) is -1.69. The Bertz CT molecular complexity index is 1810. The molecule has 0 aliphatic carbocycles. The first-order valence-corrected chi connectivity index (χ1v) is 13.5. The fraction of sp³-hybridized carbons (Fsp3) is 0.147. The van der Waals surface area contributed by atoms with Crippen LogP contribution < -0.4 is 5.32 Å². The molecule has 0 saturated carbocycles. The van der Waals surface area contributed by atoms with E-state index in [4.69, 9.17) is 0 Å². The average Bonchev–Trinajstić information content (AvgIpc) is 3.02. The predicted molar refractivity (Wildman–Crippen MR) is 158 cm³/mol. The molecule has 0 radical (unpaired) electrons. The number of carboxylic acids is 1. The van der Waals surface area contributed by atoms with Gasteiger partial charge in [-0.25, -0.2) is 4.79 Å². The van der Waals surface area contributed by atoms with Crippen LogP contribution in [-0.2, 0) is 23.1 Å². The van der Waals surface area contributed by atoms with Crippen molar-refractivity contribution in [3.05, 3.63) is 131 Å². The van der Waals surface area contributed by atoms with Gasteiger partial charge in [-0.3, -0.25) is 9.78 Å². The Labute approximate surface area is 245 Å². The lowest BCUT2D eigenvalue weighted by molar-refractivity contribution is -0.160. The maximum Gasteiger partial charge on any atom is 0.418 e. The van der Waals surface area contributed by atoms with E-state index in [9.17, 15) is 33.0 Å². The van der Waals surface area contributed by atoms with Crippen LogP contribution in [0.5, 0.6) is 0 Å². The second-order valence-electron chi connectivity index (χ2n) is 10.1. The van der Waals surface area contributed by atoms with Gasteiger partial charge in [0.05, 0.1) is 11.1 Å². The molecule has 0 spiro atoms. The largest absolute Gasteiger partial charge is 0.479 e. The van der Waals surface area contributed by atoms with Gasteiger partial charge in [0.15, 0.2) is 11.4 Å². The predicted octanol–water partition coefficient (Wildman–Crippen LogP) is 7.45. The summed E-state index contributed by atoms with van der Waals surface area (Å²) in [7, 11) is 0. The van der Waals surface area contributed by atoms with Crippen molar-refractivity contribution >= 4 is 28.3 Å². The van der Waals surface area contributed by atoms with Crippen LogP contribution in [0.4, 0.5) is 18.9 Å². The number of fused-ring (bicyclic) bond motifs is 1. The zero-order valence-corrected chi connectivity index (χ0v) is 23.0. The summed E-state index contributed by atoms with van der Waals surface area (Å²) in [4.78, 5) is 29.3. The highest BCUT2D eigenvalue weighted by atomic mass is 19.4. The van der Waals surface area contributed by atoms with Gasteiger partial charge in [0, 0.05) is 40.5 Å². The Morgan fingerprint density at radius 1 is 0.884 bits per heavy atom. The number of halogens is 3. The Kier molecular flexibility index (Phi) is 8.02. The molecule has 43 heavy (non-hydrogen) atoms. The number of hydrogen-bond acceptors (Lipinski definition) is 5. The number of nitrogens with zero attached hydrogens (tertiary/aromatic N) is 1. The minimum absolute atomic E-state index is 0.00956. The molecular weight excluding hydrogens is 557 g/mol. The van der Waals surface area contributed by atoms with Gasteiger partial charge in [-0.2, -0.15) is 13.2 Å². The molecular formula is C34H27F3N2O4. The number of anilines is 1. The first-order valence-electron chi connectivity index (χ1n) is 13.5. The van der Waals surface area contributed by atoms with Crippen LogP contribution in [0.2, 0.25) is 0 Å². The van der Waals surface area contributed by atoms with Gasteiger partial charge < -0.3 is 15.5 Å². The van der Waals surface area contributed by atoms with Crippen LogP contribution in [0, 0.1) is 0 Å². The Balaban J connectivity index is 1.53. The van der Waals surface area contributed by atoms with E-state index >= 15 is 0 Å². The number of aliphatic carboxylic acids is 1. The molecule has 5 aromatic rings. The van der Waals surface area contributed by atoms with E-state index in [1.165, 1.54) is 18.3 Å². The van der Waals surface area contributed by atoms with E-state index in [2.05, 4.69) is 10.3 Å². The Hall–Kier alpha value is -5.02. The van der Waals surface area contributed by atoms with Crippen LogP contribution in [0.1, 0.15) is 46.0 Å². The topological polar surface area (TPSA) is 99.5 Å². The number of rotatable bonds is 9. The molecule has 0 aliphatic heterocycles. The van der Waals surface area contributed by atoms with Crippen molar-refractivity contribution in [1.29, 1.82) is 0 Å². The van der Waals surface area contributed by atoms with Crippen LogP contribution in [0.15, 0.2) is 103 Å². The molecule has 0 bridgehead atoms. The molecule has 0 fully saturated rings. The van der Waals surface area contributed by atoms with Crippen LogP contribution in [0.3, 0.4) is 0 Å². The van der Waals surface area contributed by atoms with E-state index < -0.39 is 23.3 Å². The first kappa shape index (κ1) is 29.5. The summed E-state index contributed by atoms with van der Waals surface area (Å²) in [6, 6.07) is 25.9.